The van der Waals surface area contributed by atoms with Crippen molar-refractivity contribution in [3.63, 3.8) is 0 Å². The van der Waals surface area contributed by atoms with E-state index in [0.29, 0.717) is 28.8 Å². The Bertz CT molecular complexity index is 808. The van der Waals surface area contributed by atoms with Crippen molar-refractivity contribution in [3.8, 4) is 11.5 Å². The summed E-state index contributed by atoms with van der Waals surface area (Å²) in [5.41, 5.74) is 2.89. The number of aryl methyl sites for hydroxylation is 1. The lowest BCUT2D eigenvalue weighted by atomic mass is 10.1. The van der Waals surface area contributed by atoms with E-state index in [4.69, 9.17) is 26.8 Å². The van der Waals surface area contributed by atoms with Gasteiger partial charge < -0.3 is 25.2 Å². The maximum atomic E-state index is 11.1. The largest absolute Gasteiger partial charge is 0.493 e. The van der Waals surface area contributed by atoms with Crippen molar-refractivity contribution in [2.75, 3.05) is 26.1 Å². The first-order valence-corrected chi connectivity index (χ1v) is 8.45. The maximum absolute atomic E-state index is 11.1. The van der Waals surface area contributed by atoms with Gasteiger partial charge in [-0.1, -0.05) is 12.1 Å². The second-order valence-corrected chi connectivity index (χ2v) is 6.06. The summed E-state index contributed by atoms with van der Waals surface area (Å²) in [6.07, 6.45) is 0.746. The van der Waals surface area contributed by atoms with Crippen molar-refractivity contribution < 1.29 is 19.4 Å². The smallest absolute Gasteiger partial charge is 0.335 e. The van der Waals surface area contributed by atoms with Gasteiger partial charge in [0.05, 0.1) is 19.8 Å². The van der Waals surface area contributed by atoms with Crippen LogP contribution in [0.2, 0.25) is 0 Å². The van der Waals surface area contributed by atoms with E-state index in [-0.39, 0.29) is 5.56 Å². The molecule has 0 fully saturated rings. The third-order valence-electron chi connectivity index (χ3n) is 3.88. The first-order valence-electron chi connectivity index (χ1n) is 8.04. The van der Waals surface area contributed by atoms with Crippen LogP contribution in [-0.2, 0) is 6.42 Å². The summed E-state index contributed by atoms with van der Waals surface area (Å²) in [4.78, 5) is 11.1. The van der Waals surface area contributed by atoms with Gasteiger partial charge in [-0.3, -0.25) is 0 Å². The Morgan fingerprint density at radius 3 is 2.50 bits per heavy atom. The molecule has 0 amide bonds. The molecule has 0 saturated heterocycles. The van der Waals surface area contributed by atoms with Gasteiger partial charge >= 0.3 is 5.97 Å². The Morgan fingerprint density at radius 1 is 1.12 bits per heavy atom. The van der Waals surface area contributed by atoms with Crippen LogP contribution < -0.4 is 20.1 Å². The van der Waals surface area contributed by atoms with Crippen molar-refractivity contribution in [1.29, 1.82) is 0 Å². The fraction of sp³-hybridized carbons (Fsp3) is 0.263. The van der Waals surface area contributed by atoms with Gasteiger partial charge in [-0.15, -0.1) is 0 Å². The number of aromatic carboxylic acids is 1. The number of rotatable bonds is 7. The Labute approximate surface area is 158 Å². The van der Waals surface area contributed by atoms with E-state index >= 15 is 0 Å². The molecule has 0 atom stereocenters. The second kappa shape index (κ2) is 9.05. The molecule has 2 rings (SSSR count). The van der Waals surface area contributed by atoms with Gasteiger partial charge in [0.15, 0.2) is 16.6 Å². The molecule has 3 N–H and O–H groups in total. The Morgan fingerprint density at radius 2 is 1.85 bits per heavy atom. The number of methoxy groups -OCH3 is 2. The van der Waals surface area contributed by atoms with Crippen LogP contribution in [0.5, 0.6) is 11.5 Å². The molecule has 138 valence electrons. The number of carbonyl (C=O) groups is 1. The maximum Gasteiger partial charge on any atom is 0.335 e. The third-order valence-corrected chi connectivity index (χ3v) is 4.13. The van der Waals surface area contributed by atoms with Crippen LogP contribution in [0.15, 0.2) is 36.4 Å². The minimum atomic E-state index is -0.972. The number of nitrogens with one attached hydrogen (secondary N) is 2. The molecule has 0 aromatic heterocycles. The fourth-order valence-electron chi connectivity index (χ4n) is 2.41. The van der Waals surface area contributed by atoms with Crippen molar-refractivity contribution in [2.45, 2.75) is 13.3 Å². The Kier molecular flexibility index (Phi) is 6.80. The number of carboxylic acids is 1. The number of thiocarbonyl (C=S) groups is 1. The molecule has 0 heterocycles. The zero-order valence-electron chi connectivity index (χ0n) is 15.0. The number of ether oxygens (including phenoxy) is 2. The predicted molar refractivity (Wildman–Crippen MR) is 106 cm³/mol. The molecule has 0 aliphatic carbocycles. The quantitative estimate of drug-likeness (QED) is 0.642. The van der Waals surface area contributed by atoms with Crippen LogP contribution in [0.1, 0.15) is 21.5 Å². The summed E-state index contributed by atoms with van der Waals surface area (Å²) in [5.74, 6) is 0.405. The van der Waals surface area contributed by atoms with E-state index in [1.807, 2.05) is 25.1 Å². The lowest BCUT2D eigenvalue weighted by molar-refractivity contribution is 0.0697. The van der Waals surface area contributed by atoms with E-state index in [1.54, 1.807) is 32.4 Å². The number of benzene rings is 2. The minimum absolute atomic E-state index is 0.214. The second-order valence-electron chi connectivity index (χ2n) is 5.66. The first-order chi connectivity index (χ1) is 12.4. The van der Waals surface area contributed by atoms with Crippen molar-refractivity contribution in [3.05, 3.63) is 53.1 Å². The van der Waals surface area contributed by atoms with Crippen LogP contribution in [0.4, 0.5) is 5.69 Å². The zero-order valence-corrected chi connectivity index (χ0v) is 15.8. The van der Waals surface area contributed by atoms with Crippen LogP contribution in [0, 0.1) is 6.92 Å². The predicted octanol–water partition coefficient (Wildman–Crippen LogP) is 3.24. The Hall–Kier alpha value is -2.80. The lowest BCUT2D eigenvalue weighted by Gasteiger charge is -2.14. The molecular formula is C19H22N2O4S. The van der Waals surface area contributed by atoms with Crippen molar-refractivity contribution >= 4 is 29.0 Å². The summed E-state index contributed by atoms with van der Waals surface area (Å²) in [6, 6.07) is 10.7. The topological polar surface area (TPSA) is 79.8 Å². The number of anilines is 1. The molecule has 2 aromatic carbocycles. The molecule has 0 saturated carbocycles. The lowest BCUT2D eigenvalue weighted by Crippen LogP contribution is -2.30. The molecule has 0 spiro atoms. The molecular weight excluding hydrogens is 352 g/mol. The number of hydrogen-bond acceptors (Lipinski definition) is 4. The summed E-state index contributed by atoms with van der Waals surface area (Å²) in [6.45, 7) is 2.51. The highest BCUT2D eigenvalue weighted by molar-refractivity contribution is 7.80. The van der Waals surface area contributed by atoms with Gasteiger partial charge in [-0.25, -0.2) is 4.79 Å². The molecule has 0 aliphatic heterocycles. The monoisotopic (exact) mass is 374 g/mol. The molecule has 6 nitrogen and oxygen atoms in total. The fourth-order valence-corrected chi connectivity index (χ4v) is 2.62. The first kappa shape index (κ1) is 19.5. The van der Waals surface area contributed by atoms with Crippen molar-refractivity contribution in [2.24, 2.45) is 0 Å². The summed E-state index contributed by atoms with van der Waals surface area (Å²) < 4.78 is 10.5. The van der Waals surface area contributed by atoms with E-state index < -0.39 is 5.97 Å². The highest BCUT2D eigenvalue weighted by atomic mass is 32.1. The molecule has 0 bridgehead atoms. The normalized spacial score (nSPS) is 10.1. The summed E-state index contributed by atoms with van der Waals surface area (Å²) in [7, 11) is 3.21. The molecule has 2 aromatic rings. The van der Waals surface area contributed by atoms with Crippen LogP contribution in [-0.4, -0.2) is 37.0 Å². The van der Waals surface area contributed by atoms with E-state index in [2.05, 4.69) is 10.6 Å². The van der Waals surface area contributed by atoms with Crippen molar-refractivity contribution in [1.82, 2.24) is 5.32 Å². The molecule has 0 aliphatic rings. The minimum Gasteiger partial charge on any atom is -0.493 e. The highest BCUT2D eigenvalue weighted by Crippen LogP contribution is 2.27. The standard InChI is InChI=1S/C19H22N2O4S/c1-12-4-6-14(18(22)23)11-15(12)21-19(26)20-9-8-13-5-7-16(24-2)17(10-13)25-3/h4-7,10-11H,8-9H2,1-3H3,(H,22,23)(H2,20,21,26). The third kappa shape index (κ3) is 5.10. The number of carboxylic acid groups (broad SMARTS) is 1. The van der Waals surface area contributed by atoms with Gasteiger partial charge in [0.2, 0.25) is 0 Å². The molecule has 0 radical (unpaired) electrons. The Balaban J connectivity index is 1.91. The van der Waals surface area contributed by atoms with Crippen LogP contribution >= 0.6 is 12.2 Å². The number of hydrogen-bond donors (Lipinski definition) is 3. The summed E-state index contributed by atoms with van der Waals surface area (Å²) >= 11 is 5.29. The zero-order chi connectivity index (χ0) is 19.1. The average Bonchev–Trinajstić information content (AvgIpc) is 2.63. The molecule has 0 unspecified atom stereocenters. The van der Waals surface area contributed by atoms with Crippen LogP contribution in [0.3, 0.4) is 0 Å². The van der Waals surface area contributed by atoms with E-state index in [1.165, 1.54) is 0 Å². The van der Waals surface area contributed by atoms with Gasteiger partial charge in [0.1, 0.15) is 0 Å². The van der Waals surface area contributed by atoms with E-state index in [9.17, 15) is 4.79 Å². The van der Waals surface area contributed by atoms with Gasteiger partial charge in [-0.2, -0.15) is 0 Å². The van der Waals surface area contributed by atoms with Crippen LogP contribution in [0.25, 0.3) is 0 Å². The average molecular weight is 374 g/mol. The van der Waals surface area contributed by atoms with E-state index in [0.717, 1.165) is 17.5 Å². The SMILES string of the molecule is COc1ccc(CCNC(=S)Nc2cc(C(=O)O)ccc2C)cc1OC. The summed E-state index contributed by atoms with van der Waals surface area (Å²) in [5, 5.41) is 15.7. The molecule has 26 heavy (non-hydrogen) atoms. The van der Waals surface area contributed by atoms with Gasteiger partial charge in [0.25, 0.3) is 0 Å². The van der Waals surface area contributed by atoms with Gasteiger partial charge in [-0.05, 0) is 61.0 Å². The highest BCUT2D eigenvalue weighted by Gasteiger charge is 2.08. The molecule has 7 heteroatoms. The van der Waals surface area contributed by atoms with Gasteiger partial charge in [0, 0.05) is 12.2 Å².